The van der Waals surface area contributed by atoms with Gasteiger partial charge >= 0.3 is 0 Å². The van der Waals surface area contributed by atoms with E-state index < -0.39 is 66.3 Å². The summed E-state index contributed by atoms with van der Waals surface area (Å²) in [5.74, 6) is -3.23. The highest BCUT2D eigenvalue weighted by Crippen LogP contribution is 2.49. The van der Waals surface area contributed by atoms with Crippen LogP contribution in [0.3, 0.4) is 0 Å². The minimum Gasteiger partial charge on any atom is -0.493 e. The van der Waals surface area contributed by atoms with Crippen LogP contribution in [0.4, 0.5) is 0 Å². The maximum atomic E-state index is 15.2. The van der Waals surface area contributed by atoms with E-state index in [0.29, 0.717) is 74.9 Å². The minimum atomic E-state index is -1.74. The van der Waals surface area contributed by atoms with Gasteiger partial charge in [0.15, 0.2) is 18.2 Å². The lowest BCUT2D eigenvalue weighted by molar-refractivity contribution is -0.198. The van der Waals surface area contributed by atoms with Crippen LogP contribution in [0, 0.1) is 35.5 Å². The zero-order valence-electron chi connectivity index (χ0n) is 41.6. The van der Waals surface area contributed by atoms with Crippen LogP contribution in [0.5, 0.6) is 5.75 Å². The van der Waals surface area contributed by atoms with Gasteiger partial charge < -0.3 is 45.6 Å². The van der Waals surface area contributed by atoms with Gasteiger partial charge in [-0.2, -0.15) is 0 Å². The summed E-state index contributed by atoms with van der Waals surface area (Å²) in [7, 11) is 0. The first kappa shape index (κ1) is 55.0. The number of likely N-dealkylation sites (tertiary alicyclic amines) is 1. The molecule has 0 bridgehead atoms. The number of nitrogens with one attached hydrogen (secondary N) is 3. The predicted octanol–water partition coefficient (Wildman–Crippen LogP) is 5.53. The van der Waals surface area contributed by atoms with Crippen molar-refractivity contribution in [3.8, 4) is 5.75 Å². The van der Waals surface area contributed by atoms with Crippen molar-refractivity contribution in [1.29, 1.82) is 0 Å². The minimum absolute atomic E-state index is 0.0104. The van der Waals surface area contributed by atoms with Gasteiger partial charge in [0.2, 0.25) is 17.7 Å². The molecule has 2 aromatic carbocycles. The number of aliphatic hydroxyl groups excluding tert-OH is 3. The molecular formula is C54H78N4O11. The number of carbonyl (C=O) groups excluding carboxylic acids is 6. The number of hydrogen-bond acceptors (Lipinski definition) is 11. The van der Waals surface area contributed by atoms with Gasteiger partial charge in [0.05, 0.1) is 24.8 Å². The van der Waals surface area contributed by atoms with Gasteiger partial charge in [-0.1, -0.05) is 81.8 Å². The van der Waals surface area contributed by atoms with Crippen LogP contribution in [0.1, 0.15) is 129 Å². The SMILES string of the molecule is C=C1CC(C(=O)NC(CCC)C(O)C(=O)NCC(=O)NC(C(=O)CC(C)C)c2ccccc2)N(C(=O)C(C2CCC(C(O)OC(C)(C)C)CC2)C2CCC2C(=O)Cc2cccc(OCCCO)c2)C1. The maximum absolute atomic E-state index is 15.2. The van der Waals surface area contributed by atoms with Crippen LogP contribution in [0.15, 0.2) is 66.7 Å². The van der Waals surface area contributed by atoms with Crippen LogP contribution < -0.4 is 20.7 Å². The van der Waals surface area contributed by atoms with Crippen LogP contribution in [-0.4, -0.2) is 112 Å². The summed E-state index contributed by atoms with van der Waals surface area (Å²) in [6, 6.07) is 13.2. The zero-order valence-corrected chi connectivity index (χ0v) is 41.6. The van der Waals surface area contributed by atoms with Gasteiger partial charge in [-0.15, -0.1) is 0 Å². The zero-order chi connectivity index (χ0) is 50.4. The number of hydrogen-bond donors (Lipinski definition) is 6. The Labute approximate surface area is 408 Å². The highest BCUT2D eigenvalue weighted by atomic mass is 16.6. The molecule has 0 spiro atoms. The molecule has 3 aliphatic rings. The summed E-state index contributed by atoms with van der Waals surface area (Å²) < 4.78 is 11.7. The molecule has 2 aliphatic carbocycles. The third kappa shape index (κ3) is 15.8. The Bertz CT molecular complexity index is 2060. The van der Waals surface area contributed by atoms with Gasteiger partial charge in [0.25, 0.3) is 5.91 Å². The fraction of sp³-hybridized carbons (Fsp3) is 0.630. The van der Waals surface area contributed by atoms with Crippen molar-refractivity contribution in [2.75, 3.05) is 26.3 Å². The Morgan fingerprint density at radius 3 is 2.22 bits per heavy atom. The average molecular weight is 959 g/mol. The average Bonchev–Trinajstić information content (AvgIpc) is 3.69. The van der Waals surface area contributed by atoms with Crippen molar-refractivity contribution < 1.29 is 53.6 Å². The van der Waals surface area contributed by atoms with Crippen molar-refractivity contribution in [3.05, 3.63) is 77.9 Å². The van der Waals surface area contributed by atoms with Gasteiger partial charge in [-0.3, -0.25) is 28.8 Å². The molecule has 15 nitrogen and oxygen atoms in total. The van der Waals surface area contributed by atoms with Gasteiger partial charge in [-0.05, 0) is 113 Å². The summed E-state index contributed by atoms with van der Waals surface area (Å²) in [6.45, 7) is 15.5. The van der Waals surface area contributed by atoms with Gasteiger partial charge in [0.1, 0.15) is 23.6 Å². The number of amides is 4. The number of aliphatic hydroxyl groups is 3. The van der Waals surface area contributed by atoms with E-state index in [1.807, 2.05) is 65.8 Å². The Morgan fingerprint density at radius 1 is 0.899 bits per heavy atom. The van der Waals surface area contributed by atoms with E-state index in [1.54, 1.807) is 35.2 Å². The first-order chi connectivity index (χ1) is 32.8. The number of ether oxygens (including phenoxy) is 2. The van der Waals surface area contributed by atoms with Crippen molar-refractivity contribution in [2.24, 2.45) is 35.5 Å². The van der Waals surface area contributed by atoms with Crippen LogP contribution in [0.2, 0.25) is 0 Å². The largest absolute Gasteiger partial charge is 0.493 e. The molecule has 15 heteroatoms. The third-order valence-corrected chi connectivity index (χ3v) is 13.7. The topological polar surface area (TPSA) is 221 Å². The molecule has 1 heterocycles. The standard InChI is InChI=1S/C54H78N4O11/c1-8-14-42(49(63)51(65)55-31-46(62)57-48(45(61)27-33(2)3)37-16-10-9-11-17-37)56-50(64)43-28-34(4)32-58(43)52(66)47(36-19-21-38(22-20-36)53(67)69-54(5,6)7)41-24-23-40(41)44(60)30-35-15-12-18-39(29-35)68-26-13-25-59/h9-12,15-18,29,33,36,38,40-43,47-49,53,59,63,67H,4,8,13-14,19-28,30-32H2,1-3,5-7H3,(H,55,65)(H,56,64)(H,57,62). The highest BCUT2D eigenvalue weighted by molar-refractivity contribution is 5.94. The number of ketones is 2. The second-order valence-electron chi connectivity index (χ2n) is 20.9. The Hall–Kier alpha value is -4.96. The summed E-state index contributed by atoms with van der Waals surface area (Å²) in [5.41, 5.74) is 1.54. The van der Waals surface area contributed by atoms with Gasteiger partial charge in [-0.25, -0.2) is 0 Å². The Balaban J connectivity index is 1.29. The molecule has 380 valence electrons. The summed E-state index contributed by atoms with van der Waals surface area (Å²) in [5, 5.41) is 39.6. The molecule has 1 saturated heterocycles. The second-order valence-corrected chi connectivity index (χ2v) is 20.9. The fourth-order valence-electron chi connectivity index (χ4n) is 10.2. The molecule has 3 fully saturated rings. The molecule has 6 N–H and O–H groups in total. The molecule has 5 rings (SSSR count). The smallest absolute Gasteiger partial charge is 0.251 e. The number of rotatable bonds is 25. The Kier molecular flexibility index (Phi) is 20.5. The van der Waals surface area contributed by atoms with Crippen molar-refractivity contribution >= 4 is 35.2 Å². The van der Waals surface area contributed by atoms with E-state index in [-0.39, 0.29) is 85.9 Å². The molecule has 8 atom stereocenters. The van der Waals surface area contributed by atoms with Crippen molar-refractivity contribution in [3.63, 3.8) is 0 Å². The first-order valence-corrected chi connectivity index (χ1v) is 25.1. The number of benzene rings is 2. The highest BCUT2D eigenvalue weighted by Gasteiger charge is 2.51. The molecule has 0 radical (unpaired) electrons. The van der Waals surface area contributed by atoms with E-state index in [4.69, 9.17) is 9.47 Å². The number of nitrogens with zero attached hydrogens (tertiary/aromatic N) is 1. The van der Waals surface area contributed by atoms with Crippen LogP contribution in [0.25, 0.3) is 0 Å². The lowest BCUT2D eigenvalue weighted by atomic mass is 9.59. The quantitative estimate of drug-likeness (QED) is 0.0413. The molecule has 2 saturated carbocycles. The third-order valence-electron chi connectivity index (χ3n) is 13.7. The van der Waals surface area contributed by atoms with E-state index >= 15 is 4.79 Å². The normalized spacial score (nSPS) is 22.7. The molecule has 1 aliphatic heterocycles. The van der Waals surface area contributed by atoms with Crippen molar-refractivity contribution in [2.45, 2.75) is 155 Å². The number of carbonyl (C=O) groups is 6. The van der Waals surface area contributed by atoms with Crippen LogP contribution in [-0.2, 0) is 39.9 Å². The molecule has 2 aromatic rings. The lowest BCUT2D eigenvalue weighted by Crippen LogP contribution is -2.57. The van der Waals surface area contributed by atoms with Gasteiger partial charge in [0, 0.05) is 50.2 Å². The van der Waals surface area contributed by atoms with Crippen molar-refractivity contribution in [1.82, 2.24) is 20.9 Å². The monoisotopic (exact) mass is 959 g/mol. The molecular weight excluding hydrogens is 881 g/mol. The van der Waals surface area contributed by atoms with E-state index in [2.05, 4.69) is 22.5 Å². The van der Waals surface area contributed by atoms with Crippen LogP contribution >= 0.6 is 0 Å². The predicted molar refractivity (Wildman–Crippen MR) is 261 cm³/mol. The summed E-state index contributed by atoms with van der Waals surface area (Å²) >= 11 is 0. The molecule has 0 aromatic heterocycles. The fourth-order valence-corrected chi connectivity index (χ4v) is 10.2. The Morgan fingerprint density at radius 2 is 1.59 bits per heavy atom. The summed E-state index contributed by atoms with van der Waals surface area (Å²) in [6.07, 6.45) is 2.88. The van der Waals surface area contributed by atoms with E-state index in [9.17, 15) is 39.3 Å². The molecule has 4 amide bonds. The molecule has 8 unspecified atom stereocenters. The first-order valence-electron chi connectivity index (χ1n) is 25.1. The summed E-state index contributed by atoms with van der Waals surface area (Å²) in [4.78, 5) is 84.9. The van der Waals surface area contributed by atoms with E-state index in [1.165, 1.54) is 0 Å². The second kappa shape index (κ2) is 25.8. The van der Waals surface area contributed by atoms with E-state index in [0.717, 1.165) is 5.56 Å². The lowest BCUT2D eigenvalue weighted by Gasteiger charge is -2.47. The number of Topliss-reactive ketones (excluding diaryl/α,β-unsaturated/α-hetero) is 2. The molecule has 69 heavy (non-hydrogen) atoms. The maximum Gasteiger partial charge on any atom is 0.251 e.